The van der Waals surface area contributed by atoms with E-state index in [0.29, 0.717) is 0 Å². The van der Waals surface area contributed by atoms with Crippen molar-refractivity contribution in [2.75, 3.05) is 0 Å². The Morgan fingerprint density at radius 3 is 1.27 bits per heavy atom. The summed E-state index contributed by atoms with van der Waals surface area (Å²) < 4.78 is 70.9. The average Bonchev–Trinajstić information content (AvgIpc) is 1.77. The summed E-state index contributed by atoms with van der Waals surface area (Å²) in [5, 5.41) is -4.32. The number of ether oxygens (including phenoxy) is 1. The van der Waals surface area contributed by atoms with Gasteiger partial charge in [0, 0.05) is 0 Å². The van der Waals surface area contributed by atoms with Gasteiger partial charge in [-0.1, -0.05) is 34.8 Å². The summed E-state index contributed by atoms with van der Waals surface area (Å²) in [6.07, 6.45) is -12.1. The van der Waals surface area contributed by atoms with E-state index >= 15 is 0 Å². The molecule has 0 rings (SSSR count). The van der Waals surface area contributed by atoms with Crippen LogP contribution in [0.15, 0.2) is 0 Å². The molecule has 0 fully saturated rings. The maximum Gasteiger partial charge on any atom is 0.483 e. The number of hydrogen-bond acceptors (Lipinski definition) is 1. The van der Waals surface area contributed by atoms with Gasteiger partial charge < -0.3 is 0 Å². The quantitative estimate of drug-likeness (QED) is 0.542. The molecule has 0 aliphatic heterocycles. The maximum atomic E-state index is 12.8. The second-order valence-corrected chi connectivity index (χ2v) is 4.90. The first-order valence-electron chi connectivity index (χ1n) is 2.80. The van der Waals surface area contributed by atoms with Crippen LogP contribution in [0.5, 0.6) is 0 Å². The Kier molecular flexibility index (Phi) is 4.37. The van der Waals surface area contributed by atoms with Crippen molar-refractivity contribution in [2.45, 2.75) is 21.4 Å². The Labute approximate surface area is 99.2 Å². The minimum Gasteiger partial charge on any atom is -0.258 e. The fraction of sp³-hybridized carbons (Fsp3) is 1.00. The van der Waals surface area contributed by atoms with E-state index in [-0.39, 0.29) is 0 Å². The molecule has 0 aromatic rings. The molecule has 0 aliphatic carbocycles. The molecule has 0 aromatic carbocycles. The predicted molar refractivity (Wildman–Crippen MR) is 42.1 cm³/mol. The van der Waals surface area contributed by atoms with Crippen molar-refractivity contribution in [1.82, 2.24) is 0 Å². The SMILES string of the molecule is FC(F)(F)C(F)(F)OC(F)(Cl)C(Cl)(Cl)Cl. The van der Waals surface area contributed by atoms with E-state index in [1.54, 1.807) is 0 Å². The van der Waals surface area contributed by atoms with Gasteiger partial charge in [-0.2, -0.15) is 26.3 Å². The lowest BCUT2D eigenvalue weighted by molar-refractivity contribution is -0.420. The van der Waals surface area contributed by atoms with Crippen molar-refractivity contribution in [2.24, 2.45) is 0 Å². The van der Waals surface area contributed by atoms with Gasteiger partial charge in [0.2, 0.25) is 0 Å². The lowest BCUT2D eigenvalue weighted by atomic mass is 10.6. The molecule has 11 heteroatoms. The molecule has 15 heavy (non-hydrogen) atoms. The van der Waals surface area contributed by atoms with Crippen LogP contribution in [0.3, 0.4) is 0 Å². The largest absolute Gasteiger partial charge is 0.483 e. The van der Waals surface area contributed by atoms with E-state index in [9.17, 15) is 26.3 Å². The third-order valence-corrected chi connectivity index (χ3v) is 2.30. The van der Waals surface area contributed by atoms with Crippen LogP contribution in [-0.2, 0) is 4.74 Å². The van der Waals surface area contributed by atoms with E-state index in [1.807, 2.05) is 0 Å². The van der Waals surface area contributed by atoms with E-state index in [2.05, 4.69) is 51.1 Å². The van der Waals surface area contributed by atoms with Gasteiger partial charge >= 0.3 is 17.6 Å². The van der Waals surface area contributed by atoms with Crippen LogP contribution in [-0.4, -0.2) is 21.4 Å². The summed E-state index contributed by atoms with van der Waals surface area (Å²) in [6, 6.07) is 0. The van der Waals surface area contributed by atoms with Crippen molar-refractivity contribution < 1.29 is 31.1 Å². The molecular formula is C4Cl4F6O. The molecule has 0 N–H and O–H groups in total. The average molecular weight is 320 g/mol. The van der Waals surface area contributed by atoms with Gasteiger partial charge in [0.05, 0.1) is 0 Å². The van der Waals surface area contributed by atoms with E-state index in [1.165, 1.54) is 0 Å². The van der Waals surface area contributed by atoms with Crippen LogP contribution in [0.1, 0.15) is 0 Å². The molecule has 0 aliphatic rings. The van der Waals surface area contributed by atoms with Gasteiger partial charge in [-0.15, -0.1) is 0 Å². The molecule has 0 spiro atoms. The summed E-state index contributed by atoms with van der Waals surface area (Å²) in [7, 11) is 0. The van der Waals surface area contributed by atoms with Crippen molar-refractivity contribution >= 4 is 46.4 Å². The monoisotopic (exact) mass is 318 g/mol. The third kappa shape index (κ3) is 3.89. The van der Waals surface area contributed by atoms with Gasteiger partial charge in [0.25, 0.3) is 3.79 Å². The zero-order valence-corrected chi connectivity index (χ0v) is 9.21. The molecule has 92 valence electrons. The zero-order valence-electron chi connectivity index (χ0n) is 6.19. The highest BCUT2D eigenvalue weighted by atomic mass is 35.6. The molecule has 0 radical (unpaired) electrons. The Balaban J connectivity index is 4.89. The van der Waals surface area contributed by atoms with Crippen LogP contribution in [0, 0.1) is 0 Å². The number of halogens is 10. The molecule has 0 amide bonds. The van der Waals surface area contributed by atoms with Crippen molar-refractivity contribution in [1.29, 1.82) is 0 Å². The normalized spacial score (nSPS) is 18.8. The van der Waals surface area contributed by atoms with Gasteiger partial charge in [-0.05, 0) is 11.6 Å². The van der Waals surface area contributed by atoms with Crippen LogP contribution >= 0.6 is 46.4 Å². The van der Waals surface area contributed by atoms with E-state index < -0.39 is 21.4 Å². The number of rotatable bonds is 2. The fourth-order valence-electron chi connectivity index (χ4n) is 0.277. The molecule has 0 bridgehead atoms. The molecule has 1 unspecified atom stereocenters. The van der Waals surface area contributed by atoms with Gasteiger partial charge in [-0.25, -0.2) is 0 Å². The molecule has 0 saturated heterocycles. The van der Waals surface area contributed by atoms with E-state index in [0.717, 1.165) is 0 Å². The van der Waals surface area contributed by atoms with Crippen LogP contribution in [0.2, 0.25) is 0 Å². The van der Waals surface area contributed by atoms with Crippen molar-refractivity contribution in [3.8, 4) is 0 Å². The minimum atomic E-state index is -6.19. The first-order valence-corrected chi connectivity index (χ1v) is 4.31. The second kappa shape index (κ2) is 4.18. The molecule has 0 heterocycles. The van der Waals surface area contributed by atoms with Crippen molar-refractivity contribution in [3.05, 3.63) is 0 Å². The van der Waals surface area contributed by atoms with Crippen LogP contribution in [0.4, 0.5) is 26.3 Å². The van der Waals surface area contributed by atoms with Gasteiger partial charge in [-0.3, -0.25) is 4.74 Å². The minimum absolute atomic E-state index is 2.60. The molecule has 0 saturated carbocycles. The summed E-state index contributed by atoms with van der Waals surface area (Å²) in [5.41, 5.74) is 0. The Morgan fingerprint density at radius 1 is 0.733 bits per heavy atom. The molecule has 1 nitrogen and oxygen atoms in total. The maximum absolute atomic E-state index is 12.8. The highest BCUT2D eigenvalue weighted by molar-refractivity contribution is 6.70. The lowest BCUT2D eigenvalue weighted by Crippen LogP contribution is -2.48. The first kappa shape index (κ1) is 15.7. The van der Waals surface area contributed by atoms with Gasteiger partial charge in [0.15, 0.2) is 0 Å². The zero-order chi connectivity index (χ0) is 12.7. The molecule has 0 aromatic heterocycles. The summed E-state index contributed by atoms with van der Waals surface area (Å²) >= 11 is 18.5. The van der Waals surface area contributed by atoms with Gasteiger partial charge in [0.1, 0.15) is 0 Å². The summed E-state index contributed by atoms with van der Waals surface area (Å²) in [5.74, 6) is 0. The number of alkyl halides is 10. The predicted octanol–water partition coefficient (Wildman–Crippen LogP) is 4.39. The summed E-state index contributed by atoms with van der Waals surface area (Å²) in [6.45, 7) is 0. The number of hydrogen-bond donors (Lipinski definition) is 0. The lowest BCUT2D eigenvalue weighted by Gasteiger charge is -2.30. The smallest absolute Gasteiger partial charge is 0.258 e. The Bertz CT molecular complexity index is 208. The Hall–Kier alpha value is 0.700. The Morgan fingerprint density at radius 2 is 1.07 bits per heavy atom. The second-order valence-electron chi connectivity index (χ2n) is 2.13. The molecular weight excluding hydrogens is 320 g/mol. The first-order chi connectivity index (χ1) is 6.21. The van der Waals surface area contributed by atoms with E-state index in [4.69, 9.17) is 0 Å². The van der Waals surface area contributed by atoms with Crippen molar-refractivity contribution in [3.63, 3.8) is 0 Å². The molecule has 1 atom stereocenters. The standard InChI is InChI=1S/C4Cl4F6O/c5-1(6,7)2(8,9)15-4(13,14)3(10,11)12. The summed E-state index contributed by atoms with van der Waals surface area (Å²) in [4.78, 5) is 0. The van der Waals surface area contributed by atoms with Crippen LogP contribution in [0.25, 0.3) is 0 Å². The topological polar surface area (TPSA) is 9.23 Å². The highest BCUT2D eigenvalue weighted by Gasteiger charge is 2.66. The fourth-order valence-corrected chi connectivity index (χ4v) is 0.489. The third-order valence-electron chi connectivity index (χ3n) is 0.916. The van der Waals surface area contributed by atoms with Crippen LogP contribution < -0.4 is 0 Å². The highest BCUT2D eigenvalue weighted by Crippen LogP contribution is 2.50.